The molecule has 0 saturated heterocycles. The Balaban J connectivity index is 2.49. The highest BCUT2D eigenvalue weighted by molar-refractivity contribution is 8.00. The van der Waals surface area contributed by atoms with Crippen molar-refractivity contribution in [1.82, 2.24) is 14.9 Å². The van der Waals surface area contributed by atoms with Crippen LogP contribution >= 0.6 is 11.8 Å². The van der Waals surface area contributed by atoms with Crippen LogP contribution in [0.1, 0.15) is 19.9 Å². The van der Waals surface area contributed by atoms with Crippen LogP contribution in [0.15, 0.2) is 34.2 Å². The van der Waals surface area contributed by atoms with Crippen LogP contribution in [0, 0.1) is 0 Å². The molecule has 0 aliphatic rings. The molecular formula is C16H20N4O4S. The summed E-state index contributed by atoms with van der Waals surface area (Å²) in [6, 6.07) is 5.80. The van der Waals surface area contributed by atoms with Crippen LogP contribution in [0.4, 0.5) is 4.79 Å². The molecule has 134 valence electrons. The van der Waals surface area contributed by atoms with E-state index in [1.54, 1.807) is 38.3 Å². The Bertz CT molecular complexity index is 852. The van der Waals surface area contributed by atoms with E-state index in [0.717, 1.165) is 11.8 Å². The molecule has 0 unspecified atom stereocenters. The maximum absolute atomic E-state index is 12.9. The molecule has 0 bridgehead atoms. The number of benzene rings is 1. The third-order valence-corrected chi connectivity index (χ3v) is 4.59. The highest BCUT2D eigenvalue weighted by atomic mass is 32.2. The number of hydrogen-bond donors (Lipinski definition) is 2. The van der Waals surface area contributed by atoms with Gasteiger partial charge in [-0.1, -0.05) is 23.9 Å². The van der Waals surface area contributed by atoms with Crippen molar-refractivity contribution in [3.8, 4) is 0 Å². The highest BCUT2D eigenvalue weighted by Gasteiger charge is 2.22. The van der Waals surface area contributed by atoms with E-state index in [2.05, 4.69) is 4.98 Å². The lowest BCUT2D eigenvalue weighted by atomic mass is 10.2. The van der Waals surface area contributed by atoms with Gasteiger partial charge < -0.3 is 10.5 Å². The van der Waals surface area contributed by atoms with Gasteiger partial charge in [-0.05, 0) is 26.0 Å². The van der Waals surface area contributed by atoms with E-state index in [0.29, 0.717) is 22.7 Å². The molecule has 0 aliphatic carbocycles. The lowest BCUT2D eigenvalue weighted by Crippen LogP contribution is -2.39. The van der Waals surface area contributed by atoms with Crippen molar-refractivity contribution in [1.29, 1.82) is 0 Å². The maximum atomic E-state index is 12.9. The first-order valence-corrected chi connectivity index (χ1v) is 8.50. The summed E-state index contributed by atoms with van der Waals surface area (Å²) in [4.78, 5) is 40.2. The molecule has 2 rings (SSSR count). The molecule has 1 heterocycles. The molecule has 3 N–H and O–H groups in total. The zero-order valence-electron chi connectivity index (χ0n) is 14.2. The fourth-order valence-electron chi connectivity index (χ4n) is 2.35. The third kappa shape index (κ3) is 4.37. The van der Waals surface area contributed by atoms with Crippen molar-refractivity contribution in [3.63, 3.8) is 0 Å². The van der Waals surface area contributed by atoms with Crippen LogP contribution < -0.4 is 16.6 Å². The number of urea groups is 1. The summed E-state index contributed by atoms with van der Waals surface area (Å²) >= 11 is 1.08. The number of nitrogens with one attached hydrogen (secondary N) is 1. The van der Waals surface area contributed by atoms with E-state index < -0.39 is 17.2 Å². The molecule has 1 aromatic heterocycles. The Morgan fingerprint density at radius 1 is 1.36 bits per heavy atom. The Hall–Kier alpha value is -2.39. The summed E-state index contributed by atoms with van der Waals surface area (Å²) in [6.07, 6.45) is 0. The summed E-state index contributed by atoms with van der Waals surface area (Å²) in [7, 11) is 1.55. The van der Waals surface area contributed by atoms with Crippen molar-refractivity contribution >= 4 is 34.6 Å². The summed E-state index contributed by atoms with van der Waals surface area (Å²) in [5.41, 5.74) is 5.31. The van der Waals surface area contributed by atoms with E-state index in [1.807, 2.05) is 12.2 Å². The van der Waals surface area contributed by atoms with Gasteiger partial charge in [-0.15, -0.1) is 0 Å². The molecule has 25 heavy (non-hydrogen) atoms. The average Bonchev–Trinajstić information content (AvgIpc) is 2.54. The SMILES string of the molecule is COC[C@H](C)n1c(S[C@H](C)C(=O)NC(N)=O)nc2ccccc2c1=O. The number of carbonyl (C=O) groups is 2. The zero-order chi connectivity index (χ0) is 18.6. The van der Waals surface area contributed by atoms with Gasteiger partial charge in [0.05, 0.1) is 28.8 Å². The minimum absolute atomic E-state index is 0.208. The molecular weight excluding hydrogens is 344 g/mol. The lowest BCUT2D eigenvalue weighted by molar-refractivity contribution is -0.119. The minimum Gasteiger partial charge on any atom is -0.383 e. The Kier molecular flexibility index (Phi) is 6.16. The van der Waals surface area contributed by atoms with Gasteiger partial charge in [0.25, 0.3) is 5.56 Å². The number of para-hydroxylation sites is 1. The number of hydrogen-bond acceptors (Lipinski definition) is 6. The second kappa shape index (κ2) is 8.13. The predicted octanol–water partition coefficient (Wildman–Crippen LogP) is 1.28. The second-order valence-electron chi connectivity index (χ2n) is 5.50. The number of nitrogens with zero attached hydrogens (tertiary/aromatic N) is 2. The quantitative estimate of drug-likeness (QED) is 0.589. The number of thioether (sulfide) groups is 1. The van der Waals surface area contributed by atoms with Gasteiger partial charge in [0.1, 0.15) is 0 Å². The first-order valence-electron chi connectivity index (χ1n) is 7.62. The van der Waals surface area contributed by atoms with Crippen molar-refractivity contribution < 1.29 is 14.3 Å². The van der Waals surface area contributed by atoms with Gasteiger partial charge in [-0.2, -0.15) is 0 Å². The third-order valence-electron chi connectivity index (χ3n) is 3.52. The lowest BCUT2D eigenvalue weighted by Gasteiger charge is -2.20. The van der Waals surface area contributed by atoms with Crippen molar-refractivity contribution in [3.05, 3.63) is 34.6 Å². The number of fused-ring (bicyclic) bond motifs is 1. The number of ether oxygens (including phenoxy) is 1. The van der Waals surface area contributed by atoms with Crippen LogP contribution in [0.25, 0.3) is 10.9 Å². The maximum Gasteiger partial charge on any atom is 0.318 e. The molecule has 8 nitrogen and oxygen atoms in total. The molecule has 9 heteroatoms. The number of imide groups is 1. The summed E-state index contributed by atoms with van der Waals surface area (Å²) in [5.74, 6) is -0.550. The first kappa shape index (κ1) is 18.9. The Labute approximate surface area is 148 Å². The van der Waals surface area contributed by atoms with Crippen LogP contribution in [-0.2, 0) is 9.53 Å². The Morgan fingerprint density at radius 3 is 2.68 bits per heavy atom. The van der Waals surface area contributed by atoms with Gasteiger partial charge in [-0.3, -0.25) is 19.5 Å². The molecule has 0 fully saturated rings. The van der Waals surface area contributed by atoms with Gasteiger partial charge in [-0.25, -0.2) is 9.78 Å². The molecule has 3 amide bonds. The normalized spacial score (nSPS) is 13.4. The topological polar surface area (TPSA) is 116 Å². The summed E-state index contributed by atoms with van der Waals surface area (Å²) in [6.45, 7) is 3.75. The smallest absolute Gasteiger partial charge is 0.318 e. The second-order valence-corrected chi connectivity index (χ2v) is 6.81. The van der Waals surface area contributed by atoms with E-state index in [9.17, 15) is 14.4 Å². The fourth-order valence-corrected chi connectivity index (χ4v) is 3.36. The monoisotopic (exact) mass is 364 g/mol. The molecule has 0 aliphatic heterocycles. The van der Waals surface area contributed by atoms with E-state index in [-0.39, 0.29) is 11.6 Å². The minimum atomic E-state index is -0.922. The standard InChI is InChI=1S/C16H20N4O4S/c1-9(8-24-3)20-14(22)11-6-4-5-7-12(11)18-16(20)25-10(2)13(21)19-15(17)23/h4-7,9-10H,8H2,1-3H3,(H3,17,19,21,23)/t9-,10+/m0/s1. The zero-order valence-corrected chi connectivity index (χ0v) is 15.0. The number of aromatic nitrogens is 2. The number of methoxy groups -OCH3 is 1. The Morgan fingerprint density at radius 2 is 2.04 bits per heavy atom. The largest absolute Gasteiger partial charge is 0.383 e. The number of nitrogens with two attached hydrogens (primary N) is 1. The average molecular weight is 364 g/mol. The van der Waals surface area contributed by atoms with Gasteiger partial charge in [0.15, 0.2) is 5.16 Å². The molecule has 1 aromatic carbocycles. The summed E-state index contributed by atoms with van der Waals surface area (Å²) in [5, 5.41) is 2.23. The van der Waals surface area contributed by atoms with Crippen molar-refractivity contribution in [2.45, 2.75) is 30.3 Å². The molecule has 2 atom stereocenters. The number of rotatable bonds is 6. The fraction of sp³-hybridized carbons (Fsp3) is 0.375. The van der Waals surface area contributed by atoms with E-state index in [4.69, 9.17) is 10.5 Å². The highest BCUT2D eigenvalue weighted by Crippen LogP contribution is 2.25. The molecule has 0 radical (unpaired) electrons. The number of carbonyl (C=O) groups excluding carboxylic acids is 2. The molecule has 0 spiro atoms. The van der Waals surface area contributed by atoms with E-state index >= 15 is 0 Å². The van der Waals surface area contributed by atoms with Crippen molar-refractivity contribution in [2.24, 2.45) is 5.73 Å². The van der Waals surface area contributed by atoms with Crippen molar-refractivity contribution in [2.75, 3.05) is 13.7 Å². The van der Waals surface area contributed by atoms with Gasteiger partial charge in [0.2, 0.25) is 5.91 Å². The van der Waals surface area contributed by atoms with Crippen LogP contribution in [0.5, 0.6) is 0 Å². The van der Waals surface area contributed by atoms with Crippen LogP contribution in [-0.4, -0.2) is 40.5 Å². The number of amides is 3. The van der Waals surface area contributed by atoms with E-state index in [1.165, 1.54) is 4.57 Å². The molecule has 0 saturated carbocycles. The molecule has 2 aromatic rings. The van der Waals surface area contributed by atoms with Crippen LogP contribution in [0.2, 0.25) is 0 Å². The first-order chi connectivity index (χ1) is 11.8. The number of primary amides is 1. The predicted molar refractivity (Wildman–Crippen MR) is 95.6 cm³/mol. The van der Waals surface area contributed by atoms with Gasteiger partial charge >= 0.3 is 6.03 Å². The van der Waals surface area contributed by atoms with Gasteiger partial charge in [0, 0.05) is 7.11 Å². The van der Waals surface area contributed by atoms with Crippen LogP contribution in [0.3, 0.4) is 0 Å². The summed E-state index contributed by atoms with van der Waals surface area (Å²) < 4.78 is 6.65.